The van der Waals surface area contributed by atoms with Crippen molar-refractivity contribution in [3.05, 3.63) is 83.7 Å². The Balaban J connectivity index is 1.64. The molecule has 0 fully saturated rings. The van der Waals surface area contributed by atoms with Crippen molar-refractivity contribution in [1.29, 1.82) is 0 Å². The van der Waals surface area contributed by atoms with Crippen molar-refractivity contribution in [2.24, 2.45) is 0 Å². The fourth-order valence-electron chi connectivity index (χ4n) is 3.84. The van der Waals surface area contributed by atoms with Gasteiger partial charge in [0.1, 0.15) is 11.6 Å². The number of fused-ring (bicyclic) bond motifs is 1. The second-order valence-corrected chi connectivity index (χ2v) is 8.29. The van der Waals surface area contributed by atoms with Crippen LogP contribution in [0.4, 0.5) is 20.6 Å². The first-order valence-electron chi connectivity index (χ1n) is 11.5. The van der Waals surface area contributed by atoms with Gasteiger partial charge in [0, 0.05) is 28.4 Å². The maximum Gasteiger partial charge on any atom is 0.344 e. The number of aromatic nitrogens is 1. The number of carbonyl (C=O) groups excluding carboxylic acids is 2. The minimum atomic E-state index is -0.507. The Labute approximate surface area is 208 Å². The fourth-order valence-corrected chi connectivity index (χ4v) is 3.84. The Morgan fingerprint density at radius 3 is 2.28 bits per heavy atom. The maximum atomic E-state index is 13.4. The largest absolute Gasteiger partial charge is 0.481 e. The van der Waals surface area contributed by atoms with E-state index >= 15 is 0 Å². The predicted molar refractivity (Wildman–Crippen MR) is 138 cm³/mol. The van der Waals surface area contributed by atoms with Crippen LogP contribution in [0.5, 0.6) is 5.75 Å². The lowest BCUT2D eigenvalue weighted by Crippen LogP contribution is -2.19. The van der Waals surface area contributed by atoms with Gasteiger partial charge >= 0.3 is 12.0 Å². The number of benzene rings is 3. The number of ether oxygens (including phenoxy) is 2. The van der Waals surface area contributed by atoms with Gasteiger partial charge in [0.25, 0.3) is 0 Å². The molecule has 8 heteroatoms. The summed E-state index contributed by atoms with van der Waals surface area (Å²) in [5, 5.41) is 6.25. The maximum absolute atomic E-state index is 13.4. The molecule has 0 saturated carbocycles. The van der Waals surface area contributed by atoms with Crippen LogP contribution in [0.25, 0.3) is 22.2 Å². The zero-order chi connectivity index (χ0) is 25.7. The third kappa shape index (κ3) is 6.15. The molecule has 0 atom stereocenters. The first-order valence-corrected chi connectivity index (χ1v) is 11.5. The molecule has 0 unspecified atom stereocenters. The summed E-state index contributed by atoms with van der Waals surface area (Å²) in [7, 11) is 0. The van der Waals surface area contributed by atoms with Crippen molar-refractivity contribution in [3.8, 4) is 17.0 Å². The van der Waals surface area contributed by atoms with Gasteiger partial charge in [0.15, 0.2) is 6.61 Å². The molecule has 1 aromatic heterocycles. The Kier molecular flexibility index (Phi) is 7.44. The molecule has 4 aromatic rings. The topological polar surface area (TPSA) is 89.6 Å². The number of aryl methyl sites for hydroxylation is 2. The van der Waals surface area contributed by atoms with Gasteiger partial charge in [0.05, 0.1) is 17.8 Å². The van der Waals surface area contributed by atoms with Crippen molar-refractivity contribution in [2.45, 2.75) is 20.8 Å². The number of halogens is 1. The van der Waals surface area contributed by atoms with Gasteiger partial charge in [-0.3, -0.25) is 0 Å². The van der Waals surface area contributed by atoms with Crippen LogP contribution < -0.4 is 15.4 Å². The second-order valence-electron chi connectivity index (χ2n) is 8.29. The van der Waals surface area contributed by atoms with Gasteiger partial charge in [-0.15, -0.1) is 0 Å². The highest BCUT2D eigenvalue weighted by molar-refractivity contribution is 6.01. The van der Waals surface area contributed by atoms with Crippen LogP contribution in [0.2, 0.25) is 0 Å². The number of esters is 1. The van der Waals surface area contributed by atoms with Crippen LogP contribution in [0.1, 0.15) is 18.1 Å². The number of hydrogen-bond donors (Lipinski definition) is 2. The third-order valence-electron chi connectivity index (χ3n) is 5.30. The molecule has 4 rings (SSSR count). The smallest absolute Gasteiger partial charge is 0.344 e. The Bertz CT molecular complexity index is 1400. The van der Waals surface area contributed by atoms with Crippen LogP contribution in [-0.2, 0) is 9.53 Å². The molecule has 36 heavy (non-hydrogen) atoms. The van der Waals surface area contributed by atoms with E-state index in [0.717, 1.165) is 11.1 Å². The van der Waals surface area contributed by atoms with Crippen LogP contribution in [-0.4, -0.2) is 30.2 Å². The van der Waals surface area contributed by atoms with Crippen LogP contribution >= 0.6 is 0 Å². The lowest BCUT2D eigenvalue weighted by Gasteiger charge is -2.13. The normalized spacial score (nSPS) is 10.7. The average molecular weight is 488 g/mol. The monoisotopic (exact) mass is 487 g/mol. The summed E-state index contributed by atoms with van der Waals surface area (Å²) < 4.78 is 24.2. The summed E-state index contributed by atoms with van der Waals surface area (Å²) in [5.41, 5.74) is 5.11. The highest BCUT2D eigenvalue weighted by Gasteiger charge is 2.13. The predicted octanol–water partition coefficient (Wildman–Crippen LogP) is 6.24. The lowest BCUT2D eigenvalue weighted by molar-refractivity contribution is -0.145. The molecule has 0 aliphatic rings. The molecule has 2 amide bonds. The minimum absolute atomic E-state index is 0.240. The molecule has 0 spiro atoms. The molecule has 0 aliphatic carbocycles. The summed E-state index contributed by atoms with van der Waals surface area (Å²) in [6.45, 7) is 5.59. The number of urea groups is 1. The van der Waals surface area contributed by atoms with Gasteiger partial charge in [0.2, 0.25) is 0 Å². The lowest BCUT2D eigenvalue weighted by atomic mass is 10.1. The highest BCUT2D eigenvalue weighted by atomic mass is 19.1. The Hall–Kier alpha value is -4.46. The molecule has 184 valence electrons. The van der Waals surface area contributed by atoms with Crippen LogP contribution in [0.3, 0.4) is 0 Å². The van der Waals surface area contributed by atoms with E-state index in [1.54, 1.807) is 43.3 Å². The molecule has 0 radical (unpaired) electrons. The van der Waals surface area contributed by atoms with E-state index in [4.69, 9.17) is 9.47 Å². The van der Waals surface area contributed by atoms with Crippen LogP contribution in [0, 0.1) is 19.7 Å². The standard InChI is InChI=1S/C28H26FN3O4/c1-4-35-27(33)16-36-26-15-25(19-5-7-20(29)8-6-19)32-24-10-9-21(14-23(24)26)30-28(34)31-22-12-17(2)11-18(3)13-22/h5-15H,4,16H2,1-3H3,(H2,30,31,34). The SMILES string of the molecule is CCOC(=O)COc1cc(-c2ccc(F)cc2)nc2ccc(NC(=O)Nc3cc(C)cc(C)c3)cc12. The van der Waals surface area contributed by atoms with E-state index in [0.29, 0.717) is 39.3 Å². The van der Waals surface area contributed by atoms with Crippen molar-refractivity contribution in [1.82, 2.24) is 4.98 Å². The van der Waals surface area contributed by atoms with Gasteiger partial charge in [-0.05, 0) is 86.5 Å². The molecule has 0 bridgehead atoms. The number of carbonyl (C=O) groups is 2. The second kappa shape index (κ2) is 10.9. The molecule has 2 N–H and O–H groups in total. The van der Waals surface area contributed by atoms with Gasteiger partial charge in [-0.25, -0.2) is 19.0 Å². The van der Waals surface area contributed by atoms with Gasteiger partial charge in [-0.2, -0.15) is 0 Å². The summed E-state index contributed by atoms with van der Waals surface area (Å²) >= 11 is 0. The molecule has 1 heterocycles. The fraction of sp³-hybridized carbons (Fsp3) is 0.179. The first kappa shape index (κ1) is 24.7. The molecule has 7 nitrogen and oxygen atoms in total. The quantitative estimate of drug-likeness (QED) is 0.301. The number of rotatable bonds is 7. The Morgan fingerprint density at radius 2 is 1.58 bits per heavy atom. The van der Waals surface area contributed by atoms with Gasteiger partial charge in [-0.1, -0.05) is 6.07 Å². The minimum Gasteiger partial charge on any atom is -0.481 e. The first-order chi connectivity index (χ1) is 17.3. The van der Waals surface area contributed by atoms with E-state index in [1.165, 1.54) is 12.1 Å². The summed E-state index contributed by atoms with van der Waals surface area (Å²) in [4.78, 5) is 29.2. The molecule has 3 aromatic carbocycles. The number of hydrogen-bond acceptors (Lipinski definition) is 5. The van der Waals surface area contributed by atoms with Crippen LogP contribution in [0.15, 0.2) is 66.7 Å². The zero-order valence-corrected chi connectivity index (χ0v) is 20.2. The van der Waals surface area contributed by atoms with E-state index in [9.17, 15) is 14.0 Å². The molecular formula is C28H26FN3O4. The van der Waals surface area contributed by atoms with Crippen molar-refractivity contribution in [2.75, 3.05) is 23.8 Å². The number of nitrogens with zero attached hydrogens (tertiary/aromatic N) is 1. The highest BCUT2D eigenvalue weighted by Crippen LogP contribution is 2.32. The molecule has 0 aliphatic heterocycles. The Morgan fingerprint density at radius 1 is 0.889 bits per heavy atom. The number of anilines is 2. The van der Waals surface area contributed by atoms with Gasteiger partial charge < -0.3 is 20.1 Å². The van der Waals surface area contributed by atoms with E-state index in [-0.39, 0.29) is 19.0 Å². The van der Waals surface area contributed by atoms with Crippen molar-refractivity contribution < 1.29 is 23.5 Å². The summed E-state index contributed by atoms with van der Waals surface area (Å²) in [5.74, 6) is -0.480. The number of pyridine rings is 1. The number of nitrogens with one attached hydrogen (secondary N) is 2. The zero-order valence-electron chi connectivity index (χ0n) is 20.2. The summed E-state index contributed by atoms with van der Waals surface area (Å²) in [6, 6.07) is 18.2. The third-order valence-corrected chi connectivity index (χ3v) is 5.30. The van der Waals surface area contributed by atoms with Crippen molar-refractivity contribution in [3.63, 3.8) is 0 Å². The summed E-state index contributed by atoms with van der Waals surface area (Å²) in [6.07, 6.45) is 0. The van der Waals surface area contributed by atoms with E-state index in [2.05, 4.69) is 15.6 Å². The number of amides is 2. The average Bonchev–Trinajstić information content (AvgIpc) is 2.82. The molecular weight excluding hydrogens is 461 g/mol. The molecule has 0 saturated heterocycles. The van der Waals surface area contributed by atoms with E-state index < -0.39 is 12.0 Å². The van der Waals surface area contributed by atoms with Crippen molar-refractivity contribution >= 4 is 34.3 Å². The van der Waals surface area contributed by atoms with E-state index in [1.807, 2.05) is 32.0 Å².